The number of hydrogen-bond acceptors (Lipinski definition) is 5. The van der Waals surface area contributed by atoms with Crippen LogP contribution in [0.2, 0.25) is 0 Å². The molecule has 0 saturated carbocycles. The molecule has 0 N–H and O–H groups in total. The van der Waals surface area contributed by atoms with E-state index in [1.54, 1.807) is 12.1 Å². The van der Waals surface area contributed by atoms with Crippen molar-refractivity contribution < 1.29 is 21.6 Å². The SMILES string of the molecule is COc1ccc(S(=O)(=O)N2CC3CC2CS3(=O)=O)cc1. The lowest BCUT2D eigenvalue weighted by Crippen LogP contribution is -2.43. The van der Waals surface area contributed by atoms with Gasteiger partial charge in [-0.05, 0) is 30.7 Å². The minimum Gasteiger partial charge on any atom is -0.497 e. The van der Waals surface area contributed by atoms with Crippen LogP contribution < -0.4 is 4.74 Å². The van der Waals surface area contributed by atoms with Crippen molar-refractivity contribution in [1.82, 2.24) is 4.31 Å². The molecule has 2 aliphatic rings. The molecule has 20 heavy (non-hydrogen) atoms. The third-order valence-electron chi connectivity index (χ3n) is 3.92. The first-order valence-electron chi connectivity index (χ1n) is 6.22. The van der Waals surface area contributed by atoms with Crippen molar-refractivity contribution >= 4 is 19.9 Å². The second kappa shape index (κ2) is 4.44. The van der Waals surface area contributed by atoms with Crippen LogP contribution >= 0.6 is 0 Å². The Kier molecular flexibility index (Phi) is 3.07. The predicted octanol–water partition coefficient (Wildman–Crippen LogP) is 0.255. The third kappa shape index (κ3) is 2.02. The highest BCUT2D eigenvalue weighted by Crippen LogP contribution is 2.36. The lowest BCUT2D eigenvalue weighted by Gasteiger charge is -2.26. The standard InChI is InChI=1S/C12H15NO5S2/c1-18-10-2-4-11(5-3-10)20(16,17)13-7-12-6-9(13)8-19(12,14)15/h2-5,9,12H,6-8H2,1H3. The van der Waals surface area contributed by atoms with Crippen LogP contribution in [0.15, 0.2) is 29.2 Å². The highest BCUT2D eigenvalue weighted by molar-refractivity contribution is 7.93. The fourth-order valence-corrected chi connectivity index (χ4v) is 6.73. The highest BCUT2D eigenvalue weighted by atomic mass is 32.2. The smallest absolute Gasteiger partial charge is 0.243 e. The van der Waals surface area contributed by atoms with E-state index < -0.39 is 31.2 Å². The van der Waals surface area contributed by atoms with E-state index in [4.69, 9.17) is 4.74 Å². The van der Waals surface area contributed by atoms with E-state index in [2.05, 4.69) is 0 Å². The average molecular weight is 317 g/mol. The van der Waals surface area contributed by atoms with Crippen LogP contribution in [-0.4, -0.2) is 51.8 Å². The van der Waals surface area contributed by atoms with Crippen LogP contribution in [0.5, 0.6) is 5.75 Å². The van der Waals surface area contributed by atoms with Crippen molar-refractivity contribution in [1.29, 1.82) is 0 Å². The number of sulfone groups is 1. The van der Waals surface area contributed by atoms with Crippen molar-refractivity contribution in [2.24, 2.45) is 0 Å². The molecule has 2 heterocycles. The Labute approximate surface area is 118 Å². The Hall–Kier alpha value is -1.12. The maximum Gasteiger partial charge on any atom is 0.243 e. The van der Waals surface area contributed by atoms with E-state index in [-0.39, 0.29) is 17.2 Å². The average Bonchev–Trinajstić information content (AvgIpc) is 2.94. The summed E-state index contributed by atoms with van der Waals surface area (Å²) in [4.78, 5) is 0.170. The van der Waals surface area contributed by atoms with Gasteiger partial charge in [-0.25, -0.2) is 16.8 Å². The number of fused-ring (bicyclic) bond motifs is 2. The number of methoxy groups -OCH3 is 1. The molecule has 110 valence electrons. The Morgan fingerprint density at radius 1 is 1.25 bits per heavy atom. The predicted molar refractivity (Wildman–Crippen MR) is 72.9 cm³/mol. The van der Waals surface area contributed by atoms with E-state index in [9.17, 15) is 16.8 Å². The van der Waals surface area contributed by atoms with E-state index in [1.807, 2.05) is 0 Å². The zero-order chi connectivity index (χ0) is 14.5. The molecule has 2 fully saturated rings. The molecule has 6 nitrogen and oxygen atoms in total. The summed E-state index contributed by atoms with van der Waals surface area (Å²) in [6.07, 6.45) is 0.414. The van der Waals surface area contributed by atoms with Crippen LogP contribution in [0.1, 0.15) is 6.42 Å². The molecule has 2 bridgehead atoms. The van der Waals surface area contributed by atoms with Crippen LogP contribution in [-0.2, 0) is 19.9 Å². The third-order valence-corrected chi connectivity index (χ3v) is 8.06. The zero-order valence-electron chi connectivity index (χ0n) is 10.9. The molecular formula is C12H15NO5S2. The topological polar surface area (TPSA) is 80.8 Å². The fourth-order valence-electron chi connectivity index (χ4n) is 2.84. The van der Waals surface area contributed by atoms with E-state index in [1.165, 1.54) is 23.5 Å². The summed E-state index contributed by atoms with van der Waals surface area (Å²) in [6.45, 7) is 0.0708. The summed E-state index contributed by atoms with van der Waals surface area (Å²) in [5.74, 6) is 0.516. The van der Waals surface area contributed by atoms with Crippen LogP contribution in [0.3, 0.4) is 0 Å². The Morgan fingerprint density at radius 3 is 2.35 bits per heavy atom. The monoisotopic (exact) mass is 317 g/mol. The Morgan fingerprint density at radius 2 is 1.90 bits per heavy atom. The molecule has 2 atom stereocenters. The Bertz CT molecular complexity index is 724. The summed E-state index contributed by atoms with van der Waals surface area (Å²) in [6, 6.07) is 5.70. The van der Waals surface area contributed by atoms with Crippen molar-refractivity contribution in [3.63, 3.8) is 0 Å². The highest BCUT2D eigenvalue weighted by Gasteiger charge is 2.52. The molecule has 1 aromatic rings. The summed E-state index contributed by atoms with van der Waals surface area (Å²) in [5, 5.41) is -0.541. The molecule has 2 aliphatic heterocycles. The number of nitrogens with zero attached hydrogens (tertiary/aromatic N) is 1. The van der Waals surface area contributed by atoms with Gasteiger partial charge in [-0.15, -0.1) is 0 Å². The van der Waals surface area contributed by atoms with E-state index >= 15 is 0 Å². The first-order chi connectivity index (χ1) is 9.34. The van der Waals surface area contributed by atoms with Gasteiger partial charge < -0.3 is 4.74 Å². The molecule has 0 aromatic heterocycles. The lowest BCUT2D eigenvalue weighted by atomic mass is 10.3. The molecule has 2 saturated heterocycles. The molecule has 0 radical (unpaired) electrons. The summed E-state index contributed by atoms with van der Waals surface area (Å²) in [5.41, 5.74) is 0. The molecule has 0 aliphatic carbocycles. The maximum atomic E-state index is 12.5. The van der Waals surface area contributed by atoms with Crippen LogP contribution in [0, 0.1) is 0 Å². The molecule has 2 unspecified atom stereocenters. The van der Waals surface area contributed by atoms with Crippen molar-refractivity contribution in [3.05, 3.63) is 24.3 Å². The van der Waals surface area contributed by atoms with E-state index in [0.29, 0.717) is 12.2 Å². The fraction of sp³-hybridized carbons (Fsp3) is 0.500. The van der Waals surface area contributed by atoms with Crippen molar-refractivity contribution in [2.75, 3.05) is 19.4 Å². The minimum atomic E-state index is -3.63. The lowest BCUT2D eigenvalue weighted by molar-refractivity contribution is 0.401. The van der Waals surface area contributed by atoms with Gasteiger partial charge in [0.25, 0.3) is 0 Å². The number of ether oxygens (including phenoxy) is 1. The summed E-state index contributed by atoms with van der Waals surface area (Å²) < 4.78 is 54.7. The van der Waals surface area contributed by atoms with E-state index in [0.717, 1.165) is 0 Å². The van der Waals surface area contributed by atoms with Gasteiger partial charge in [0.2, 0.25) is 10.0 Å². The number of hydrogen-bond donors (Lipinski definition) is 0. The molecule has 0 spiro atoms. The zero-order valence-corrected chi connectivity index (χ0v) is 12.5. The molecular weight excluding hydrogens is 302 g/mol. The normalized spacial score (nSPS) is 28.6. The van der Waals surface area contributed by atoms with Crippen molar-refractivity contribution in [3.8, 4) is 5.75 Å². The van der Waals surface area contributed by atoms with Crippen molar-refractivity contribution in [2.45, 2.75) is 22.6 Å². The largest absolute Gasteiger partial charge is 0.497 e. The summed E-state index contributed by atoms with van der Waals surface area (Å²) in [7, 11) is -5.22. The number of rotatable bonds is 3. The van der Waals surface area contributed by atoms with Gasteiger partial charge in [0.15, 0.2) is 9.84 Å². The Balaban J connectivity index is 1.90. The number of benzene rings is 1. The quantitative estimate of drug-likeness (QED) is 0.798. The minimum absolute atomic E-state index is 0.0624. The molecule has 0 amide bonds. The van der Waals surface area contributed by atoms with Gasteiger partial charge in [-0.3, -0.25) is 0 Å². The van der Waals surface area contributed by atoms with Gasteiger partial charge in [0.05, 0.1) is 23.0 Å². The second-order valence-electron chi connectivity index (χ2n) is 5.09. The number of sulfonamides is 1. The maximum absolute atomic E-state index is 12.5. The molecule has 3 rings (SSSR count). The first kappa shape index (κ1) is 13.8. The van der Waals surface area contributed by atoms with Gasteiger partial charge in [0.1, 0.15) is 5.75 Å². The van der Waals surface area contributed by atoms with Crippen LogP contribution in [0.25, 0.3) is 0 Å². The van der Waals surface area contributed by atoms with Gasteiger partial charge in [0, 0.05) is 12.6 Å². The molecule has 1 aromatic carbocycles. The van der Waals surface area contributed by atoms with Crippen LogP contribution in [0.4, 0.5) is 0 Å². The van der Waals surface area contributed by atoms with Gasteiger partial charge >= 0.3 is 0 Å². The summed E-state index contributed by atoms with van der Waals surface area (Å²) >= 11 is 0. The van der Waals surface area contributed by atoms with Gasteiger partial charge in [-0.2, -0.15) is 4.31 Å². The second-order valence-corrected chi connectivity index (χ2v) is 9.31. The molecule has 8 heteroatoms. The van der Waals surface area contributed by atoms with Gasteiger partial charge in [-0.1, -0.05) is 0 Å². The first-order valence-corrected chi connectivity index (χ1v) is 9.37.